The van der Waals surface area contributed by atoms with Gasteiger partial charge in [0.05, 0.1) is 5.92 Å². The molecule has 1 rings (SSSR count). The monoisotopic (exact) mass is 252 g/mol. The summed E-state index contributed by atoms with van der Waals surface area (Å²) in [5, 5.41) is 13.2. The van der Waals surface area contributed by atoms with E-state index in [1.165, 1.54) is 0 Å². The van der Waals surface area contributed by atoms with E-state index in [0.29, 0.717) is 12.8 Å². The van der Waals surface area contributed by atoms with E-state index in [2.05, 4.69) is 5.92 Å². The molecule has 0 amide bonds. The van der Waals surface area contributed by atoms with Crippen LogP contribution in [-0.4, -0.2) is 28.2 Å². The van der Waals surface area contributed by atoms with Gasteiger partial charge < -0.3 is 4.74 Å². The summed E-state index contributed by atoms with van der Waals surface area (Å²) in [6, 6.07) is 0. The first kappa shape index (κ1) is 15.0. The molecule has 1 saturated heterocycles. The topological polar surface area (TPSA) is 49.4 Å². The Morgan fingerprint density at radius 3 is 2.17 bits per heavy atom. The zero-order chi connectivity index (χ0) is 14.1. The number of carbonyl (C=O) groups is 1. The second-order valence-corrected chi connectivity index (χ2v) is 6.27. The highest BCUT2D eigenvalue weighted by Crippen LogP contribution is 2.40. The van der Waals surface area contributed by atoms with Crippen molar-refractivity contribution in [2.24, 2.45) is 5.92 Å². The molecule has 1 aliphatic rings. The molecular formula is C14H22NO3. The number of esters is 1. The molecule has 18 heavy (non-hydrogen) atoms. The van der Waals surface area contributed by atoms with Crippen molar-refractivity contribution >= 4 is 5.97 Å². The standard InChI is InChI=1S/C14H22NO3/c1-7-10(2)18-12(16)11-8-13(3,4)15(17)14(5,6)9-11/h1,10-11H,8-9H2,2-6H3/t10-/m1/s1. The molecule has 1 fully saturated rings. The zero-order valence-corrected chi connectivity index (χ0v) is 11.8. The predicted octanol–water partition coefficient (Wildman–Crippen LogP) is 2.17. The Labute approximate surface area is 109 Å². The molecule has 1 radical (unpaired) electrons. The SMILES string of the molecule is C#C[C@@H](C)OC(=O)C1CC(C)(C)N([O])C(C)(C)C1. The molecule has 0 aromatic rings. The molecule has 0 bridgehead atoms. The van der Waals surface area contributed by atoms with E-state index < -0.39 is 17.2 Å². The van der Waals surface area contributed by atoms with Crippen molar-refractivity contribution in [3.63, 3.8) is 0 Å². The molecule has 4 nitrogen and oxygen atoms in total. The molecule has 0 aromatic carbocycles. The molecule has 1 heterocycles. The van der Waals surface area contributed by atoms with E-state index >= 15 is 0 Å². The number of nitrogens with zero attached hydrogens (tertiary/aromatic N) is 1. The van der Waals surface area contributed by atoms with Crippen LogP contribution in [0, 0.1) is 18.3 Å². The second kappa shape index (κ2) is 4.91. The second-order valence-electron chi connectivity index (χ2n) is 6.27. The molecule has 0 saturated carbocycles. The summed E-state index contributed by atoms with van der Waals surface area (Å²) >= 11 is 0. The first-order chi connectivity index (χ1) is 8.10. The van der Waals surface area contributed by atoms with Crippen LogP contribution in [0.1, 0.15) is 47.5 Å². The number of carbonyl (C=O) groups excluding carboxylic acids is 1. The maximum atomic E-state index is 12.1. The van der Waals surface area contributed by atoms with Gasteiger partial charge >= 0.3 is 5.97 Å². The van der Waals surface area contributed by atoms with Crippen molar-refractivity contribution in [1.82, 2.24) is 5.06 Å². The highest BCUT2D eigenvalue weighted by molar-refractivity contribution is 5.73. The molecule has 4 heteroatoms. The van der Waals surface area contributed by atoms with E-state index in [1.54, 1.807) is 6.92 Å². The van der Waals surface area contributed by atoms with E-state index in [4.69, 9.17) is 11.2 Å². The lowest BCUT2D eigenvalue weighted by atomic mass is 9.75. The van der Waals surface area contributed by atoms with Crippen LogP contribution < -0.4 is 0 Å². The molecule has 0 unspecified atom stereocenters. The lowest BCUT2D eigenvalue weighted by Crippen LogP contribution is -2.59. The minimum absolute atomic E-state index is 0.268. The Morgan fingerprint density at radius 1 is 1.33 bits per heavy atom. The number of terminal acetylenes is 1. The third-order valence-corrected chi connectivity index (χ3v) is 3.45. The maximum Gasteiger partial charge on any atom is 0.310 e. The fourth-order valence-corrected chi connectivity index (χ4v) is 2.73. The van der Waals surface area contributed by atoms with Crippen LogP contribution in [-0.2, 0) is 14.7 Å². The minimum atomic E-state index is -0.565. The van der Waals surface area contributed by atoms with Crippen LogP contribution in [0.4, 0.5) is 0 Å². The molecule has 0 N–H and O–H groups in total. The van der Waals surface area contributed by atoms with Crippen molar-refractivity contribution in [2.45, 2.75) is 64.6 Å². The van der Waals surface area contributed by atoms with Crippen molar-refractivity contribution in [1.29, 1.82) is 0 Å². The van der Waals surface area contributed by atoms with Crippen LogP contribution in [0.2, 0.25) is 0 Å². The Hall–Kier alpha value is -1.05. The van der Waals surface area contributed by atoms with Gasteiger partial charge in [0, 0.05) is 11.1 Å². The summed E-state index contributed by atoms with van der Waals surface area (Å²) in [7, 11) is 0. The molecular weight excluding hydrogens is 230 g/mol. The fourth-order valence-electron chi connectivity index (χ4n) is 2.73. The molecule has 1 aliphatic heterocycles. The van der Waals surface area contributed by atoms with E-state index in [9.17, 15) is 10.0 Å². The quantitative estimate of drug-likeness (QED) is 0.559. The van der Waals surface area contributed by atoms with Crippen molar-refractivity contribution in [3.05, 3.63) is 0 Å². The van der Waals surface area contributed by atoms with E-state index in [1.807, 2.05) is 27.7 Å². The number of ether oxygens (including phenoxy) is 1. The summed E-state index contributed by atoms with van der Waals surface area (Å²) in [4.78, 5) is 12.0. The average Bonchev–Trinajstić information content (AvgIpc) is 2.24. The number of piperidine rings is 1. The van der Waals surface area contributed by atoms with Gasteiger partial charge in [-0.25, -0.2) is 0 Å². The molecule has 0 spiro atoms. The molecule has 101 valence electrons. The third kappa shape index (κ3) is 3.04. The number of rotatable bonds is 2. The van der Waals surface area contributed by atoms with Crippen LogP contribution in [0.3, 0.4) is 0 Å². The van der Waals surface area contributed by atoms with Gasteiger partial charge in [-0.3, -0.25) is 4.79 Å². The largest absolute Gasteiger partial charge is 0.449 e. The zero-order valence-electron chi connectivity index (χ0n) is 11.8. The van der Waals surface area contributed by atoms with Crippen LogP contribution in [0.15, 0.2) is 0 Å². The molecule has 0 aromatic heterocycles. The smallest absolute Gasteiger partial charge is 0.310 e. The normalized spacial score (nSPS) is 25.2. The van der Waals surface area contributed by atoms with Crippen molar-refractivity contribution < 1.29 is 14.7 Å². The minimum Gasteiger partial charge on any atom is -0.449 e. The fraction of sp³-hybridized carbons (Fsp3) is 0.786. The number of hydrogen-bond acceptors (Lipinski definition) is 3. The number of hydrogen-bond donors (Lipinski definition) is 0. The van der Waals surface area contributed by atoms with Gasteiger partial charge in [-0.15, -0.1) is 16.7 Å². The first-order valence-electron chi connectivity index (χ1n) is 6.24. The average molecular weight is 252 g/mol. The van der Waals surface area contributed by atoms with Crippen molar-refractivity contribution in [3.8, 4) is 12.3 Å². The Bertz CT molecular complexity index is 350. The molecule has 0 aliphatic carbocycles. The van der Waals surface area contributed by atoms with Gasteiger partial charge in [0.1, 0.15) is 0 Å². The van der Waals surface area contributed by atoms with E-state index in [-0.39, 0.29) is 11.9 Å². The van der Waals surface area contributed by atoms with Gasteiger partial charge in [-0.05, 0) is 47.5 Å². The Balaban J connectivity index is 2.81. The summed E-state index contributed by atoms with van der Waals surface area (Å²) in [6.07, 6.45) is 5.67. The van der Waals surface area contributed by atoms with Crippen LogP contribution >= 0.6 is 0 Å². The number of hydroxylamine groups is 2. The van der Waals surface area contributed by atoms with Gasteiger partial charge in [0.2, 0.25) is 0 Å². The highest BCUT2D eigenvalue weighted by atomic mass is 16.5. The lowest BCUT2D eigenvalue weighted by Gasteiger charge is -2.49. The lowest BCUT2D eigenvalue weighted by molar-refractivity contribution is -0.293. The Morgan fingerprint density at radius 2 is 1.78 bits per heavy atom. The van der Waals surface area contributed by atoms with Crippen molar-refractivity contribution in [2.75, 3.05) is 0 Å². The predicted molar refractivity (Wildman–Crippen MR) is 67.8 cm³/mol. The maximum absolute atomic E-state index is 12.1. The Kier molecular flexibility index (Phi) is 4.09. The van der Waals surface area contributed by atoms with Gasteiger partial charge in [-0.1, -0.05) is 5.92 Å². The van der Waals surface area contributed by atoms with Gasteiger partial charge in [-0.2, -0.15) is 0 Å². The van der Waals surface area contributed by atoms with Gasteiger partial charge in [0.25, 0.3) is 0 Å². The summed E-state index contributed by atoms with van der Waals surface area (Å²) in [5.74, 6) is 1.81. The third-order valence-electron chi connectivity index (χ3n) is 3.45. The first-order valence-corrected chi connectivity index (χ1v) is 6.24. The van der Waals surface area contributed by atoms with Crippen LogP contribution in [0.25, 0.3) is 0 Å². The summed E-state index contributed by atoms with van der Waals surface area (Å²) < 4.78 is 5.17. The van der Waals surface area contributed by atoms with Gasteiger partial charge in [0.15, 0.2) is 6.10 Å². The molecule has 1 atom stereocenters. The summed E-state index contributed by atoms with van der Waals surface area (Å²) in [5.41, 5.74) is -1.13. The summed E-state index contributed by atoms with van der Waals surface area (Å²) in [6.45, 7) is 9.08. The van der Waals surface area contributed by atoms with E-state index in [0.717, 1.165) is 5.06 Å². The highest BCUT2D eigenvalue weighted by Gasteiger charge is 2.48. The van der Waals surface area contributed by atoms with Crippen LogP contribution in [0.5, 0.6) is 0 Å².